The fraction of sp³-hybridized carbons (Fsp3) is 0.800. The fourth-order valence-corrected chi connectivity index (χ4v) is 1.67. The molecule has 0 bridgehead atoms. The molecule has 0 unspecified atom stereocenters. The number of likely N-dealkylation sites (N-methyl/N-ethyl adjacent to an activating group) is 1. The number of amides is 2. The second-order valence-electron chi connectivity index (χ2n) is 3.88. The van der Waals surface area contributed by atoms with Gasteiger partial charge in [0, 0.05) is 20.0 Å². The van der Waals surface area contributed by atoms with Gasteiger partial charge in [0.25, 0.3) is 0 Å². The lowest BCUT2D eigenvalue weighted by Gasteiger charge is -2.20. The van der Waals surface area contributed by atoms with E-state index in [1.165, 1.54) is 0 Å². The number of nitrogens with one attached hydrogen (secondary N) is 2. The molecule has 86 valence electrons. The molecule has 0 aliphatic carbocycles. The van der Waals surface area contributed by atoms with Gasteiger partial charge in [0.15, 0.2) is 0 Å². The third-order valence-electron chi connectivity index (χ3n) is 2.59. The smallest absolute Gasteiger partial charge is 0.244 e. The number of hydrogen-bond acceptors (Lipinski definition) is 3. The Morgan fingerprint density at radius 3 is 2.93 bits per heavy atom. The van der Waals surface area contributed by atoms with Crippen molar-refractivity contribution < 1.29 is 9.59 Å². The molecular weight excluding hydrogens is 194 g/mol. The molecule has 1 rings (SSSR count). The maximum atomic E-state index is 11.8. The minimum Gasteiger partial charge on any atom is -0.344 e. The van der Waals surface area contributed by atoms with Gasteiger partial charge >= 0.3 is 0 Å². The molecule has 5 nitrogen and oxygen atoms in total. The zero-order chi connectivity index (χ0) is 11.3. The fourth-order valence-electron chi connectivity index (χ4n) is 1.67. The Morgan fingerprint density at radius 1 is 1.67 bits per heavy atom. The Bertz CT molecular complexity index is 243. The highest BCUT2D eigenvalue weighted by Gasteiger charge is 2.28. The molecule has 2 amide bonds. The summed E-state index contributed by atoms with van der Waals surface area (Å²) in [7, 11) is 3.67. The van der Waals surface area contributed by atoms with Crippen LogP contribution >= 0.6 is 0 Å². The van der Waals surface area contributed by atoms with Gasteiger partial charge in [0.05, 0.1) is 0 Å². The Kier molecular flexibility index (Phi) is 4.55. The number of hydrogen-bond donors (Lipinski definition) is 2. The van der Waals surface area contributed by atoms with Crippen LogP contribution in [0, 0.1) is 0 Å². The Balaban J connectivity index is 2.29. The molecule has 0 aromatic rings. The molecule has 0 aromatic carbocycles. The summed E-state index contributed by atoms with van der Waals surface area (Å²) in [6, 6.07) is -0.294. The van der Waals surface area contributed by atoms with Crippen molar-refractivity contribution in [3.63, 3.8) is 0 Å². The lowest BCUT2D eigenvalue weighted by molar-refractivity contribution is -0.133. The number of carbonyl (C=O) groups excluding carboxylic acids is 2. The van der Waals surface area contributed by atoms with Crippen LogP contribution in [0.3, 0.4) is 0 Å². The molecule has 1 heterocycles. The van der Waals surface area contributed by atoms with E-state index in [-0.39, 0.29) is 17.9 Å². The van der Waals surface area contributed by atoms with Gasteiger partial charge in [-0.3, -0.25) is 9.59 Å². The van der Waals surface area contributed by atoms with E-state index in [0.717, 1.165) is 19.5 Å². The van der Waals surface area contributed by atoms with E-state index in [4.69, 9.17) is 0 Å². The largest absolute Gasteiger partial charge is 0.344 e. The lowest BCUT2D eigenvalue weighted by Crippen LogP contribution is -2.43. The topological polar surface area (TPSA) is 61.4 Å². The predicted octanol–water partition coefficient (Wildman–Crippen LogP) is -0.667. The first-order chi connectivity index (χ1) is 7.15. The zero-order valence-electron chi connectivity index (χ0n) is 9.38. The van der Waals surface area contributed by atoms with Crippen molar-refractivity contribution in [2.45, 2.75) is 25.3 Å². The highest BCUT2D eigenvalue weighted by molar-refractivity contribution is 5.90. The molecule has 0 aromatic heterocycles. The standard InChI is InChI=1S/C10H19N3O2/c1-11-6-3-7-13(2)10(15)8-4-5-9(14)12-8/h8,11H,3-7H2,1-2H3,(H,12,14)/t8-/m0/s1. The van der Waals surface area contributed by atoms with E-state index in [0.29, 0.717) is 12.8 Å². The molecule has 1 aliphatic rings. The van der Waals surface area contributed by atoms with Crippen LogP contribution in [0.25, 0.3) is 0 Å². The van der Waals surface area contributed by atoms with Crippen LogP contribution in [0.15, 0.2) is 0 Å². The summed E-state index contributed by atoms with van der Waals surface area (Å²) < 4.78 is 0. The van der Waals surface area contributed by atoms with E-state index < -0.39 is 0 Å². The van der Waals surface area contributed by atoms with E-state index in [1.807, 2.05) is 7.05 Å². The minimum atomic E-state index is -0.294. The van der Waals surface area contributed by atoms with Gasteiger partial charge in [0.1, 0.15) is 6.04 Å². The molecule has 0 radical (unpaired) electrons. The summed E-state index contributed by atoms with van der Waals surface area (Å²) in [6.45, 7) is 1.63. The number of carbonyl (C=O) groups is 2. The van der Waals surface area contributed by atoms with Crippen molar-refractivity contribution in [1.82, 2.24) is 15.5 Å². The predicted molar refractivity (Wildman–Crippen MR) is 57.3 cm³/mol. The molecule has 0 spiro atoms. The summed E-state index contributed by atoms with van der Waals surface area (Å²) in [5, 5.41) is 5.71. The van der Waals surface area contributed by atoms with Gasteiger partial charge in [0.2, 0.25) is 11.8 Å². The molecule has 5 heteroatoms. The third kappa shape index (κ3) is 3.51. The SMILES string of the molecule is CNCCCN(C)C(=O)[C@@H]1CCC(=O)N1. The Hall–Kier alpha value is -1.10. The normalized spacial score (nSPS) is 20.1. The second kappa shape index (κ2) is 5.70. The van der Waals surface area contributed by atoms with Crippen molar-refractivity contribution in [2.24, 2.45) is 0 Å². The molecular formula is C10H19N3O2. The van der Waals surface area contributed by atoms with Crippen LogP contribution in [0.5, 0.6) is 0 Å². The number of nitrogens with zero attached hydrogens (tertiary/aromatic N) is 1. The molecule has 1 aliphatic heterocycles. The average molecular weight is 213 g/mol. The van der Waals surface area contributed by atoms with Crippen LogP contribution in [-0.4, -0.2) is 49.9 Å². The highest BCUT2D eigenvalue weighted by atomic mass is 16.2. The summed E-state index contributed by atoms with van der Waals surface area (Å²) in [4.78, 5) is 24.4. The molecule has 1 fully saturated rings. The van der Waals surface area contributed by atoms with Crippen LogP contribution in [0.1, 0.15) is 19.3 Å². The van der Waals surface area contributed by atoms with Gasteiger partial charge < -0.3 is 15.5 Å². The van der Waals surface area contributed by atoms with Crippen molar-refractivity contribution in [1.29, 1.82) is 0 Å². The zero-order valence-corrected chi connectivity index (χ0v) is 9.38. The lowest BCUT2D eigenvalue weighted by atomic mass is 10.2. The first-order valence-corrected chi connectivity index (χ1v) is 5.34. The summed E-state index contributed by atoms with van der Waals surface area (Å²) >= 11 is 0. The van der Waals surface area contributed by atoms with Gasteiger partial charge in [-0.1, -0.05) is 0 Å². The maximum Gasteiger partial charge on any atom is 0.244 e. The molecule has 1 atom stereocenters. The first kappa shape index (κ1) is 12.0. The monoisotopic (exact) mass is 213 g/mol. The second-order valence-corrected chi connectivity index (χ2v) is 3.88. The summed E-state index contributed by atoms with van der Waals surface area (Å²) in [6.07, 6.45) is 2.04. The number of rotatable bonds is 5. The Labute approximate surface area is 90.2 Å². The van der Waals surface area contributed by atoms with Crippen LogP contribution in [0.2, 0.25) is 0 Å². The minimum absolute atomic E-state index is 0.0167. The quantitative estimate of drug-likeness (QED) is 0.596. The Morgan fingerprint density at radius 2 is 2.40 bits per heavy atom. The van der Waals surface area contributed by atoms with Gasteiger partial charge in [-0.15, -0.1) is 0 Å². The van der Waals surface area contributed by atoms with E-state index >= 15 is 0 Å². The first-order valence-electron chi connectivity index (χ1n) is 5.34. The van der Waals surface area contributed by atoms with Crippen LogP contribution in [-0.2, 0) is 9.59 Å². The molecule has 0 saturated carbocycles. The van der Waals surface area contributed by atoms with Crippen LogP contribution in [0.4, 0.5) is 0 Å². The maximum absolute atomic E-state index is 11.8. The van der Waals surface area contributed by atoms with Crippen molar-refractivity contribution in [3.05, 3.63) is 0 Å². The average Bonchev–Trinajstić information content (AvgIpc) is 2.64. The van der Waals surface area contributed by atoms with Gasteiger partial charge in [-0.05, 0) is 26.4 Å². The highest BCUT2D eigenvalue weighted by Crippen LogP contribution is 2.08. The summed E-state index contributed by atoms with van der Waals surface area (Å²) in [5.74, 6) is 0.00827. The van der Waals surface area contributed by atoms with Gasteiger partial charge in [-0.25, -0.2) is 0 Å². The molecule has 2 N–H and O–H groups in total. The van der Waals surface area contributed by atoms with E-state index in [9.17, 15) is 9.59 Å². The molecule has 15 heavy (non-hydrogen) atoms. The molecule has 1 saturated heterocycles. The van der Waals surface area contributed by atoms with Crippen molar-refractivity contribution in [3.8, 4) is 0 Å². The van der Waals surface area contributed by atoms with Crippen molar-refractivity contribution in [2.75, 3.05) is 27.2 Å². The van der Waals surface area contributed by atoms with E-state index in [2.05, 4.69) is 10.6 Å². The van der Waals surface area contributed by atoms with Gasteiger partial charge in [-0.2, -0.15) is 0 Å². The summed E-state index contributed by atoms with van der Waals surface area (Å²) in [5.41, 5.74) is 0. The third-order valence-corrected chi connectivity index (χ3v) is 2.59. The van der Waals surface area contributed by atoms with Crippen molar-refractivity contribution >= 4 is 11.8 Å². The van der Waals surface area contributed by atoms with E-state index in [1.54, 1.807) is 11.9 Å². The van der Waals surface area contributed by atoms with Crippen LogP contribution < -0.4 is 10.6 Å².